The number of hydrogen-bond donors (Lipinski definition) is 1. The first-order chi connectivity index (χ1) is 17.8. The van der Waals surface area contributed by atoms with Crippen molar-refractivity contribution in [3.05, 3.63) is 90.3 Å². The zero-order valence-electron chi connectivity index (χ0n) is 20.0. The third kappa shape index (κ3) is 5.88. The van der Waals surface area contributed by atoms with E-state index in [1.54, 1.807) is 18.0 Å². The molecule has 0 radical (unpaired) electrons. The molecule has 1 amide bonds. The topological polar surface area (TPSA) is 85.6 Å². The average Bonchev–Trinajstić information content (AvgIpc) is 3.22. The van der Waals surface area contributed by atoms with Crippen molar-refractivity contribution in [1.29, 1.82) is 0 Å². The molecule has 182 valence electrons. The van der Waals surface area contributed by atoms with Crippen LogP contribution in [0.5, 0.6) is 0 Å². The molecule has 2 aromatic carbocycles. The summed E-state index contributed by atoms with van der Waals surface area (Å²) in [5.41, 5.74) is 4.99. The van der Waals surface area contributed by atoms with Crippen LogP contribution in [0.15, 0.2) is 84.1 Å². The van der Waals surface area contributed by atoms with Gasteiger partial charge in [0.1, 0.15) is 5.52 Å². The summed E-state index contributed by atoms with van der Waals surface area (Å²) in [6.45, 7) is 1.34. The number of pyridine rings is 1. The van der Waals surface area contributed by atoms with Crippen molar-refractivity contribution < 1.29 is 4.79 Å². The van der Waals surface area contributed by atoms with Gasteiger partial charge in [-0.05, 0) is 36.6 Å². The lowest BCUT2D eigenvalue weighted by atomic mass is 10.2. The summed E-state index contributed by atoms with van der Waals surface area (Å²) in [6.07, 6.45) is 4.77. The lowest BCUT2D eigenvalue weighted by Gasteiger charge is -2.07. The van der Waals surface area contributed by atoms with Crippen molar-refractivity contribution in [3.63, 3.8) is 0 Å². The number of nitrogens with zero attached hydrogens (tertiary/aromatic N) is 5. The van der Waals surface area contributed by atoms with E-state index >= 15 is 0 Å². The van der Waals surface area contributed by atoms with Gasteiger partial charge in [0.25, 0.3) is 0 Å². The van der Waals surface area contributed by atoms with Crippen molar-refractivity contribution in [3.8, 4) is 0 Å². The molecule has 0 bridgehead atoms. The molecule has 5 aromatic rings. The SMILES string of the molecule is O=C(CCCCSc1nnc2c3ccccc3n(Cc3ccccc3)c2n1)NCCc1ccccn1. The number of hydrogen-bond acceptors (Lipinski definition) is 6. The molecule has 0 spiro atoms. The number of fused-ring (bicyclic) bond motifs is 3. The first-order valence-electron chi connectivity index (χ1n) is 12.2. The summed E-state index contributed by atoms with van der Waals surface area (Å²) >= 11 is 1.59. The molecular weight excluding hydrogens is 468 g/mol. The largest absolute Gasteiger partial charge is 0.356 e. The van der Waals surface area contributed by atoms with Crippen molar-refractivity contribution in [2.75, 3.05) is 12.3 Å². The standard InChI is InChI=1S/C28H28N6OS/c35-25(30-18-16-22-12-6-8-17-29-22)15-7-9-19-36-28-31-27-26(32-33-28)23-13-4-5-14-24(23)34(27)20-21-10-2-1-3-11-21/h1-6,8,10-14,17H,7,9,15-16,18-20H2,(H,30,35). The number of unbranched alkanes of at least 4 members (excludes halogenated alkanes) is 1. The minimum Gasteiger partial charge on any atom is -0.356 e. The normalized spacial score (nSPS) is 11.2. The second-order valence-corrected chi connectivity index (χ2v) is 9.64. The molecule has 0 saturated heterocycles. The molecule has 8 heteroatoms. The Hall–Kier alpha value is -3.78. The molecule has 3 heterocycles. The lowest BCUT2D eigenvalue weighted by molar-refractivity contribution is -0.121. The van der Waals surface area contributed by atoms with Gasteiger partial charge >= 0.3 is 0 Å². The summed E-state index contributed by atoms with van der Waals surface area (Å²) in [5, 5.41) is 13.6. The van der Waals surface area contributed by atoms with Gasteiger partial charge in [0.15, 0.2) is 5.65 Å². The number of thioether (sulfide) groups is 1. The van der Waals surface area contributed by atoms with E-state index in [1.807, 2.05) is 36.4 Å². The smallest absolute Gasteiger partial charge is 0.220 e. The van der Waals surface area contributed by atoms with Crippen LogP contribution in [0.1, 0.15) is 30.5 Å². The third-order valence-electron chi connectivity index (χ3n) is 6.00. The Labute approximate surface area is 214 Å². The second kappa shape index (κ2) is 11.8. The third-order valence-corrected chi connectivity index (χ3v) is 6.92. The van der Waals surface area contributed by atoms with Crippen LogP contribution in [-0.2, 0) is 17.8 Å². The average molecular weight is 497 g/mol. The zero-order valence-corrected chi connectivity index (χ0v) is 20.8. The molecule has 0 aliphatic rings. The Balaban J connectivity index is 1.16. The molecule has 0 saturated carbocycles. The molecular formula is C28H28N6OS. The Morgan fingerprint density at radius 3 is 2.61 bits per heavy atom. The highest BCUT2D eigenvalue weighted by Crippen LogP contribution is 2.28. The minimum atomic E-state index is 0.0840. The van der Waals surface area contributed by atoms with Crippen LogP contribution in [0.2, 0.25) is 0 Å². The number of aromatic nitrogens is 5. The molecule has 0 aliphatic carbocycles. The predicted molar refractivity (Wildman–Crippen MR) is 144 cm³/mol. The van der Waals surface area contributed by atoms with Crippen LogP contribution >= 0.6 is 11.8 Å². The van der Waals surface area contributed by atoms with Crippen molar-refractivity contribution in [2.24, 2.45) is 0 Å². The zero-order chi connectivity index (χ0) is 24.6. The summed E-state index contributed by atoms with van der Waals surface area (Å²) in [6, 6.07) is 24.5. The molecule has 5 rings (SSSR count). The van der Waals surface area contributed by atoms with E-state index in [2.05, 4.69) is 61.5 Å². The van der Waals surface area contributed by atoms with Crippen LogP contribution in [0.4, 0.5) is 0 Å². The maximum atomic E-state index is 12.1. The van der Waals surface area contributed by atoms with Crippen LogP contribution in [0.3, 0.4) is 0 Å². The van der Waals surface area contributed by atoms with Gasteiger partial charge in [-0.25, -0.2) is 4.98 Å². The highest BCUT2D eigenvalue weighted by atomic mass is 32.2. The Kier molecular flexibility index (Phi) is 7.83. The van der Waals surface area contributed by atoms with E-state index < -0.39 is 0 Å². The molecule has 36 heavy (non-hydrogen) atoms. The second-order valence-electron chi connectivity index (χ2n) is 8.58. The Bertz CT molecular complexity index is 1440. The summed E-state index contributed by atoms with van der Waals surface area (Å²) in [5.74, 6) is 0.925. The van der Waals surface area contributed by atoms with Crippen LogP contribution in [0, 0.1) is 0 Å². The van der Waals surface area contributed by atoms with Gasteiger partial charge in [-0.3, -0.25) is 9.78 Å². The van der Waals surface area contributed by atoms with E-state index in [4.69, 9.17) is 4.98 Å². The maximum absolute atomic E-state index is 12.1. The number of para-hydroxylation sites is 1. The minimum absolute atomic E-state index is 0.0840. The number of carbonyl (C=O) groups is 1. The van der Waals surface area contributed by atoms with Gasteiger partial charge in [0.05, 0.1) is 5.52 Å². The fraction of sp³-hybridized carbons (Fsp3) is 0.250. The molecule has 3 aromatic heterocycles. The van der Waals surface area contributed by atoms with Gasteiger partial charge in [-0.2, -0.15) is 0 Å². The first kappa shape index (κ1) is 23.9. The van der Waals surface area contributed by atoms with Crippen molar-refractivity contribution in [2.45, 2.75) is 37.4 Å². The van der Waals surface area contributed by atoms with E-state index in [1.165, 1.54) is 5.56 Å². The first-order valence-corrected chi connectivity index (χ1v) is 13.2. The fourth-order valence-electron chi connectivity index (χ4n) is 4.19. The quantitative estimate of drug-likeness (QED) is 0.204. The predicted octanol–water partition coefficient (Wildman–Crippen LogP) is 5.04. The molecule has 7 nitrogen and oxygen atoms in total. The Morgan fingerprint density at radius 2 is 1.75 bits per heavy atom. The fourth-order valence-corrected chi connectivity index (χ4v) is 4.97. The molecule has 1 N–H and O–H groups in total. The number of rotatable bonds is 11. The monoisotopic (exact) mass is 496 g/mol. The highest BCUT2D eigenvalue weighted by Gasteiger charge is 2.15. The van der Waals surface area contributed by atoms with Gasteiger partial charge < -0.3 is 9.88 Å². The summed E-state index contributed by atoms with van der Waals surface area (Å²) in [7, 11) is 0. The van der Waals surface area contributed by atoms with Crippen molar-refractivity contribution >= 4 is 39.7 Å². The van der Waals surface area contributed by atoms with E-state index in [-0.39, 0.29) is 5.91 Å². The van der Waals surface area contributed by atoms with Gasteiger partial charge in [0, 0.05) is 49.0 Å². The van der Waals surface area contributed by atoms with Crippen LogP contribution in [0.25, 0.3) is 22.1 Å². The molecule has 0 aliphatic heterocycles. The van der Waals surface area contributed by atoms with Gasteiger partial charge in [-0.15, -0.1) is 10.2 Å². The number of carbonyl (C=O) groups excluding carboxylic acids is 1. The Morgan fingerprint density at radius 1 is 0.917 bits per heavy atom. The van der Waals surface area contributed by atoms with Gasteiger partial charge in [0.2, 0.25) is 11.1 Å². The van der Waals surface area contributed by atoms with E-state index in [9.17, 15) is 4.79 Å². The molecule has 0 unspecified atom stereocenters. The molecule has 0 atom stereocenters. The number of nitrogens with one attached hydrogen (secondary N) is 1. The van der Waals surface area contributed by atoms with Crippen molar-refractivity contribution in [1.82, 2.24) is 30.0 Å². The van der Waals surface area contributed by atoms with Gasteiger partial charge in [-0.1, -0.05) is 66.4 Å². The molecule has 0 fully saturated rings. The highest BCUT2D eigenvalue weighted by molar-refractivity contribution is 7.99. The van der Waals surface area contributed by atoms with Crippen LogP contribution < -0.4 is 5.32 Å². The summed E-state index contributed by atoms with van der Waals surface area (Å²) < 4.78 is 2.22. The number of benzene rings is 2. The number of amides is 1. The van der Waals surface area contributed by atoms with E-state index in [0.29, 0.717) is 18.1 Å². The van der Waals surface area contributed by atoms with E-state index in [0.717, 1.165) is 59.3 Å². The van der Waals surface area contributed by atoms with Crippen LogP contribution in [-0.4, -0.2) is 42.9 Å². The lowest BCUT2D eigenvalue weighted by Crippen LogP contribution is -2.25. The summed E-state index contributed by atoms with van der Waals surface area (Å²) in [4.78, 5) is 21.3. The maximum Gasteiger partial charge on any atom is 0.220 e.